The summed E-state index contributed by atoms with van der Waals surface area (Å²) in [5, 5.41) is 12.0. The van der Waals surface area contributed by atoms with Crippen molar-refractivity contribution in [3.8, 4) is 0 Å². The third-order valence-electron chi connectivity index (χ3n) is 2.95. The Bertz CT molecular complexity index is 791. The van der Waals surface area contributed by atoms with Crippen LogP contribution >= 0.6 is 47.3 Å². The molecule has 0 aliphatic carbocycles. The van der Waals surface area contributed by atoms with Gasteiger partial charge in [0.25, 0.3) is 0 Å². The Hall–Kier alpha value is -1.36. The molecular formula is C14H17ClN6OS3. The van der Waals surface area contributed by atoms with E-state index in [-0.39, 0.29) is 24.1 Å². The summed E-state index contributed by atoms with van der Waals surface area (Å²) in [4.78, 5) is 23.6. The van der Waals surface area contributed by atoms with Gasteiger partial charge in [-0.15, -0.1) is 22.6 Å². The zero-order valence-electron chi connectivity index (χ0n) is 13.4. The van der Waals surface area contributed by atoms with Gasteiger partial charge >= 0.3 is 0 Å². The first-order chi connectivity index (χ1) is 11.7. The van der Waals surface area contributed by atoms with E-state index in [1.165, 1.54) is 23.1 Å². The Balaban J connectivity index is 0.00000225. The van der Waals surface area contributed by atoms with Crippen molar-refractivity contribution in [2.75, 3.05) is 16.8 Å². The maximum Gasteiger partial charge on any atom is 0.236 e. The quantitative estimate of drug-likeness (QED) is 0.327. The van der Waals surface area contributed by atoms with Crippen molar-refractivity contribution in [2.24, 2.45) is 0 Å². The number of imidazole rings is 1. The lowest BCUT2D eigenvalue weighted by atomic mass is 10.4. The molecule has 0 bridgehead atoms. The Morgan fingerprint density at radius 2 is 2.24 bits per heavy atom. The number of anilines is 1. The van der Waals surface area contributed by atoms with E-state index in [1.807, 2.05) is 12.1 Å². The minimum atomic E-state index is -0.130. The van der Waals surface area contributed by atoms with E-state index in [9.17, 15) is 4.79 Å². The smallest absolute Gasteiger partial charge is 0.236 e. The van der Waals surface area contributed by atoms with Crippen LogP contribution < -0.4 is 5.32 Å². The minimum absolute atomic E-state index is 0. The van der Waals surface area contributed by atoms with E-state index >= 15 is 0 Å². The first kappa shape index (κ1) is 20.0. The van der Waals surface area contributed by atoms with Crippen LogP contribution in [0.1, 0.15) is 19.8 Å². The number of amides is 1. The molecular weight excluding hydrogens is 400 g/mol. The summed E-state index contributed by atoms with van der Waals surface area (Å²) in [5.41, 5.74) is 1.51. The van der Waals surface area contributed by atoms with E-state index in [1.54, 1.807) is 18.0 Å². The number of rotatable bonds is 8. The number of fused-ring (bicyclic) bond motifs is 1. The highest BCUT2D eigenvalue weighted by Gasteiger charge is 2.11. The Morgan fingerprint density at radius 3 is 3.04 bits per heavy atom. The minimum Gasteiger partial charge on any atom is -0.332 e. The molecule has 7 nitrogen and oxygen atoms in total. The molecule has 3 rings (SSSR count). The molecule has 0 radical (unpaired) electrons. The van der Waals surface area contributed by atoms with Crippen molar-refractivity contribution < 1.29 is 4.79 Å². The molecule has 0 spiro atoms. The van der Waals surface area contributed by atoms with Crippen molar-refractivity contribution in [1.29, 1.82) is 0 Å². The molecule has 0 atom stereocenters. The van der Waals surface area contributed by atoms with E-state index in [4.69, 9.17) is 0 Å². The average molecular weight is 417 g/mol. The Labute approximate surface area is 163 Å². The molecule has 3 aromatic heterocycles. The summed E-state index contributed by atoms with van der Waals surface area (Å²) in [6.45, 7) is 2.15. The van der Waals surface area contributed by atoms with Gasteiger partial charge in [-0.1, -0.05) is 48.2 Å². The van der Waals surface area contributed by atoms with Crippen LogP contribution in [0.5, 0.6) is 0 Å². The third kappa shape index (κ3) is 5.84. The largest absolute Gasteiger partial charge is 0.332 e. The summed E-state index contributed by atoms with van der Waals surface area (Å²) >= 11 is 4.40. The Kier molecular flexibility index (Phi) is 7.94. The normalized spacial score (nSPS) is 10.6. The zero-order valence-corrected chi connectivity index (χ0v) is 16.7. The fraction of sp³-hybridized carbons (Fsp3) is 0.357. The second kappa shape index (κ2) is 9.95. The monoisotopic (exact) mass is 416 g/mol. The number of aromatic nitrogens is 5. The van der Waals surface area contributed by atoms with E-state index in [0.29, 0.717) is 15.9 Å². The van der Waals surface area contributed by atoms with E-state index in [2.05, 4.69) is 37.4 Å². The van der Waals surface area contributed by atoms with Crippen LogP contribution in [0.25, 0.3) is 11.2 Å². The molecule has 0 saturated carbocycles. The molecule has 0 unspecified atom stereocenters. The zero-order chi connectivity index (χ0) is 16.8. The highest BCUT2D eigenvalue weighted by molar-refractivity contribution is 8.01. The summed E-state index contributed by atoms with van der Waals surface area (Å²) in [6, 6.07) is 3.74. The molecule has 0 aliphatic heterocycles. The molecule has 134 valence electrons. The number of thioether (sulfide) groups is 2. The first-order valence-electron chi connectivity index (χ1n) is 7.44. The predicted octanol–water partition coefficient (Wildman–Crippen LogP) is 3.85. The number of halogens is 1. The summed E-state index contributed by atoms with van der Waals surface area (Å²) in [5.74, 6) is 1.14. The number of aromatic amines is 1. The predicted molar refractivity (Wildman–Crippen MR) is 106 cm³/mol. The van der Waals surface area contributed by atoms with Crippen molar-refractivity contribution in [3.05, 3.63) is 18.3 Å². The van der Waals surface area contributed by atoms with E-state index in [0.717, 1.165) is 28.5 Å². The number of nitrogens with zero attached hydrogens (tertiary/aromatic N) is 4. The number of hydrogen-bond donors (Lipinski definition) is 2. The number of hydrogen-bond acceptors (Lipinski definition) is 8. The molecule has 0 fully saturated rings. The maximum atomic E-state index is 12.0. The van der Waals surface area contributed by atoms with Gasteiger partial charge in [-0.2, -0.15) is 0 Å². The van der Waals surface area contributed by atoms with Gasteiger partial charge in [-0.3, -0.25) is 10.1 Å². The number of nitrogens with one attached hydrogen (secondary N) is 2. The van der Waals surface area contributed by atoms with Gasteiger partial charge in [0.1, 0.15) is 0 Å². The van der Waals surface area contributed by atoms with Crippen LogP contribution in [0, 0.1) is 0 Å². The van der Waals surface area contributed by atoms with Crippen LogP contribution in [-0.2, 0) is 4.79 Å². The fourth-order valence-electron chi connectivity index (χ4n) is 1.80. The number of pyridine rings is 1. The van der Waals surface area contributed by atoms with Crippen molar-refractivity contribution in [2.45, 2.75) is 29.3 Å². The van der Waals surface area contributed by atoms with Crippen LogP contribution in [0.15, 0.2) is 27.8 Å². The molecule has 0 aliphatic rings. The third-order valence-corrected chi connectivity index (χ3v) is 5.88. The maximum absolute atomic E-state index is 12.0. The fourth-order valence-corrected chi connectivity index (χ4v) is 4.40. The summed E-state index contributed by atoms with van der Waals surface area (Å²) < 4.78 is 0.884. The van der Waals surface area contributed by atoms with Gasteiger partial charge in [0.05, 0.1) is 11.3 Å². The lowest BCUT2D eigenvalue weighted by molar-refractivity contribution is -0.113. The van der Waals surface area contributed by atoms with Crippen molar-refractivity contribution >= 4 is 69.5 Å². The molecule has 3 aromatic rings. The lowest BCUT2D eigenvalue weighted by Gasteiger charge is -1.98. The van der Waals surface area contributed by atoms with Gasteiger partial charge in [0.15, 0.2) is 15.1 Å². The van der Waals surface area contributed by atoms with Gasteiger partial charge in [-0.25, -0.2) is 9.97 Å². The van der Waals surface area contributed by atoms with Crippen LogP contribution in [0.4, 0.5) is 5.13 Å². The molecule has 11 heteroatoms. The topological polar surface area (TPSA) is 96.5 Å². The molecule has 0 saturated heterocycles. The molecule has 2 N–H and O–H groups in total. The van der Waals surface area contributed by atoms with Gasteiger partial charge in [0.2, 0.25) is 11.0 Å². The molecule has 3 heterocycles. The number of unbranched alkanes of at least 4 members (excludes halogenated alkanes) is 1. The van der Waals surface area contributed by atoms with Crippen molar-refractivity contribution in [1.82, 2.24) is 25.1 Å². The van der Waals surface area contributed by atoms with Crippen molar-refractivity contribution in [3.63, 3.8) is 0 Å². The molecule has 1 amide bonds. The number of carbonyl (C=O) groups excluding carboxylic acids is 1. The Morgan fingerprint density at radius 1 is 1.36 bits per heavy atom. The van der Waals surface area contributed by atoms with Gasteiger partial charge < -0.3 is 4.98 Å². The van der Waals surface area contributed by atoms with Gasteiger partial charge in [-0.05, 0) is 18.6 Å². The molecule has 0 aromatic carbocycles. The van der Waals surface area contributed by atoms with Gasteiger partial charge in [0, 0.05) is 11.9 Å². The standard InChI is InChI=1S/C14H16N6OS3.ClH/c1-2-3-7-22-14-20-19-13(24-14)17-10(21)8-23-12-16-9-5-4-6-15-11(9)18-12;/h4-6H,2-3,7-8H2,1H3,(H,15,16,18)(H,17,19,21);1H. The highest BCUT2D eigenvalue weighted by Crippen LogP contribution is 2.26. The second-order valence-corrected chi connectivity index (χ2v) is 8.11. The summed E-state index contributed by atoms with van der Waals surface area (Å²) in [6.07, 6.45) is 3.99. The first-order valence-corrected chi connectivity index (χ1v) is 10.2. The number of H-pyrrole nitrogens is 1. The molecule has 25 heavy (non-hydrogen) atoms. The number of carbonyl (C=O) groups is 1. The average Bonchev–Trinajstić information content (AvgIpc) is 3.19. The van der Waals surface area contributed by atoms with Crippen LogP contribution in [0.3, 0.4) is 0 Å². The lowest BCUT2D eigenvalue weighted by Crippen LogP contribution is -2.13. The van der Waals surface area contributed by atoms with Crippen LogP contribution in [-0.4, -0.2) is 42.6 Å². The van der Waals surface area contributed by atoms with E-state index < -0.39 is 0 Å². The highest BCUT2D eigenvalue weighted by atomic mass is 35.5. The van der Waals surface area contributed by atoms with Crippen LogP contribution in [0.2, 0.25) is 0 Å². The SMILES string of the molecule is CCCCSc1nnc(NC(=O)CSc2nc3ncccc3[nH]2)s1.Cl. The summed E-state index contributed by atoms with van der Waals surface area (Å²) in [7, 11) is 0. The second-order valence-electron chi connectivity index (χ2n) is 4.83.